The second kappa shape index (κ2) is 5.59. The monoisotopic (exact) mass is 276 g/mol. The van der Waals surface area contributed by atoms with Gasteiger partial charge < -0.3 is 0 Å². The van der Waals surface area contributed by atoms with Gasteiger partial charge >= 0.3 is 0 Å². The zero-order chi connectivity index (χ0) is 13.1. The van der Waals surface area contributed by atoms with Crippen molar-refractivity contribution in [3.05, 3.63) is 58.1 Å². The molecule has 0 aliphatic carbocycles. The van der Waals surface area contributed by atoms with Gasteiger partial charge in [-0.25, -0.2) is 0 Å². The van der Waals surface area contributed by atoms with E-state index in [0.29, 0.717) is 10.6 Å². The molecule has 0 heterocycles. The van der Waals surface area contributed by atoms with Gasteiger partial charge in [0.1, 0.15) is 0 Å². The second-order valence-electron chi connectivity index (χ2n) is 4.12. The highest BCUT2D eigenvalue weighted by molar-refractivity contribution is 7.99. The van der Waals surface area contributed by atoms with Crippen LogP contribution in [0.2, 0.25) is 5.02 Å². The summed E-state index contributed by atoms with van der Waals surface area (Å²) >= 11 is 7.67. The first kappa shape index (κ1) is 13.2. The highest BCUT2D eigenvalue weighted by atomic mass is 35.5. The first-order valence-electron chi connectivity index (χ1n) is 5.60. The Morgan fingerprint density at radius 1 is 1.11 bits per heavy atom. The van der Waals surface area contributed by atoms with Crippen molar-refractivity contribution in [3.8, 4) is 0 Å². The number of hydrogen-bond acceptors (Lipinski definition) is 2. The molecule has 2 aromatic rings. The van der Waals surface area contributed by atoms with Gasteiger partial charge in [0.2, 0.25) is 0 Å². The first-order valence-corrected chi connectivity index (χ1v) is 6.80. The van der Waals surface area contributed by atoms with Crippen LogP contribution in [0.15, 0.2) is 46.2 Å². The van der Waals surface area contributed by atoms with E-state index in [2.05, 4.69) is 26.0 Å². The highest BCUT2D eigenvalue weighted by Gasteiger charge is 2.08. The fourth-order valence-electron chi connectivity index (χ4n) is 1.62. The van der Waals surface area contributed by atoms with Crippen molar-refractivity contribution in [2.75, 3.05) is 0 Å². The van der Waals surface area contributed by atoms with E-state index in [1.165, 1.54) is 22.9 Å². The maximum Gasteiger partial charge on any atom is 0.151 e. The van der Waals surface area contributed by atoms with Gasteiger partial charge in [-0.15, -0.1) is 0 Å². The summed E-state index contributed by atoms with van der Waals surface area (Å²) in [5.41, 5.74) is 3.12. The number of carbonyl (C=O) groups is 1. The van der Waals surface area contributed by atoms with E-state index in [1.54, 1.807) is 18.2 Å². The Bertz CT molecular complexity index is 593. The summed E-state index contributed by atoms with van der Waals surface area (Å²) in [4.78, 5) is 12.9. The van der Waals surface area contributed by atoms with E-state index in [4.69, 9.17) is 11.6 Å². The third-order valence-electron chi connectivity index (χ3n) is 2.82. The van der Waals surface area contributed by atoms with Crippen LogP contribution in [-0.2, 0) is 0 Å². The van der Waals surface area contributed by atoms with E-state index < -0.39 is 0 Å². The average molecular weight is 277 g/mol. The SMILES string of the molecule is Cc1ccc(Sc2c(Cl)cccc2C=O)cc1C. The number of halogens is 1. The molecule has 0 aliphatic heterocycles. The first-order chi connectivity index (χ1) is 8.61. The minimum Gasteiger partial charge on any atom is -0.298 e. The van der Waals surface area contributed by atoms with Gasteiger partial charge in [-0.05, 0) is 43.2 Å². The second-order valence-corrected chi connectivity index (χ2v) is 5.62. The summed E-state index contributed by atoms with van der Waals surface area (Å²) in [6, 6.07) is 11.6. The summed E-state index contributed by atoms with van der Waals surface area (Å²) in [5, 5.41) is 0.614. The van der Waals surface area contributed by atoms with Crippen LogP contribution in [0.25, 0.3) is 0 Å². The molecule has 0 bridgehead atoms. The van der Waals surface area contributed by atoms with Crippen LogP contribution in [0.1, 0.15) is 21.5 Å². The van der Waals surface area contributed by atoms with Gasteiger partial charge in [0.25, 0.3) is 0 Å². The molecular weight excluding hydrogens is 264 g/mol. The summed E-state index contributed by atoms with van der Waals surface area (Å²) in [5.74, 6) is 0. The zero-order valence-corrected chi connectivity index (χ0v) is 11.8. The topological polar surface area (TPSA) is 17.1 Å². The van der Waals surface area contributed by atoms with Crippen molar-refractivity contribution in [1.29, 1.82) is 0 Å². The lowest BCUT2D eigenvalue weighted by Gasteiger charge is -2.08. The molecule has 0 aliphatic rings. The lowest BCUT2D eigenvalue weighted by Crippen LogP contribution is -1.87. The minimum absolute atomic E-state index is 0.614. The van der Waals surface area contributed by atoms with E-state index in [0.717, 1.165) is 16.1 Å². The number of hydrogen-bond donors (Lipinski definition) is 0. The summed E-state index contributed by atoms with van der Waals surface area (Å²) in [6.07, 6.45) is 0.843. The highest BCUT2D eigenvalue weighted by Crippen LogP contribution is 2.36. The van der Waals surface area contributed by atoms with Crippen molar-refractivity contribution < 1.29 is 4.79 Å². The molecule has 0 saturated heterocycles. The molecule has 18 heavy (non-hydrogen) atoms. The largest absolute Gasteiger partial charge is 0.298 e. The number of aldehydes is 1. The maximum atomic E-state index is 11.0. The van der Waals surface area contributed by atoms with Gasteiger partial charge in [-0.1, -0.05) is 41.6 Å². The molecule has 0 radical (unpaired) electrons. The van der Waals surface area contributed by atoms with Crippen molar-refractivity contribution in [1.82, 2.24) is 0 Å². The fraction of sp³-hybridized carbons (Fsp3) is 0.133. The Balaban J connectivity index is 2.39. The van der Waals surface area contributed by atoms with Crippen LogP contribution in [0.5, 0.6) is 0 Å². The molecule has 0 saturated carbocycles. The predicted molar refractivity (Wildman–Crippen MR) is 76.9 cm³/mol. The van der Waals surface area contributed by atoms with Crippen LogP contribution in [-0.4, -0.2) is 6.29 Å². The van der Waals surface area contributed by atoms with Crippen molar-refractivity contribution in [2.45, 2.75) is 23.6 Å². The van der Waals surface area contributed by atoms with Gasteiger partial charge in [0, 0.05) is 15.4 Å². The maximum absolute atomic E-state index is 11.0. The zero-order valence-electron chi connectivity index (χ0n) is 10.2. The van der Waals surface area contributed by atoms with E-state index in [-0.39, 0.29) is 0 Å². The Labute approximate surface area is 116 Å². The molecule has 0 unspecified atom stereocenters. The molecule has 2 aromatic carbocycles. The lowest BCUT2D eigenvalue weighted by molar-refractivity contribution is 0.112. The van der Waals surface area contributed by atoms with Crippen molar-refractivity contribution in [3.63, 3.8) is 0 Å². The molecule has 0 N–H and O–H groups in total. The van der Waals surface area contributed by atoms with E-state index in [9.17, 15) is 4.79 Å². The molecule has 1 nitrogen and oxygen atoms in total. The van der Waals surface area contributed by atoms with Crippen LogP contribution in [0.3, 0.4) is 0 Å². The third kappa shape index (κ3) is 2.77. The van der Waals surface area contributed by atoms with Gasteiger partial charge in [0.15, 0.2) is 6.29 Å². The molecule has 0 atom stereocenters. The van der Waals surface area contributed by atoms with Crippen LogP contribution in [0, 0.1) is 13.8 Å². The fourth-order valence-corrected chi connectivity index (χ4v) is 2.93. The average Bonchev–Trinajstić information content (AvgIpc) is 2.36. The summed E-state index contributed by atoms with van der Waals surface area (Å²) < 4.78 is 0. The molecule has 2 rings (SSSR count). The molecule has 3 heteroatoms. The molecule has 0 aromatic heterocycles. The standard InChI is InChI=1S/C15H13ClOS/c1-10-6-7-13(8-11(10)2)18-15-12(9-17)4-3-5-14(15)16/h3-9H,1-2H3. The molecule has 0 amide bonds. The van der Waals surface area contributed by atoms with Crippen LogP contribution >= 0.6 is 23.4 Å². The molecule has 0 spiro atoms. The van der Waals surface area contributed by atoms with Crippen LogP contribution < -0.4 is 0 Å². The Morgan fingerprint density at radius 3 is 2.56 bits per heavy atom. The quantitative estimate of drug-likeness (QED) is 0.740. The summed E-state index contributed by atoms with van der Waals surface area (Å²) in [7, 11) is 0. The van der Waals surface area contributed by atoms with E-state index in [1.807, 2.05) is 6.07 Å². The van der Waals surface area contributed by atoms with E-state index >= 15 is 0 Å². The number of rotatable bonds is 3. The van der Waals surface area contributed by atoms with Gasteiger partial charge in [-0.3, -0.25) is 4.79 Å². The minimum atomic E-state index is 0.614. The number of aryl methyl sites for hydroxylation is 2. The van der Waals surface area contributed by atoms with Gasteiger partial charge in [-0.2, -0.15) is 0 Å². The third-order valence-corrected chi connectivity index (χ3v) is 4.40. The summed E-state index contributed by atoms with van der Waals surface area (Å²) in [6.45, 7) is 4.16. The number of carbonyl (C=O) groups excluding carboxylic acids is 1. The smallest absolute Gasteiger partial charge is 0.151 e. The Kier molecular flexibility index (Phi) is 4.10. The van der Waals surface area contributed by atoms with Gasteiger partial charge in [0.05, 0.1) is 5.02 Å². The van der Waals surface area contributed by atoms with Crippen molar-refractivity contribution in [2.24, 2.45) is 0 Å². The Hall–Kier alpha value is -1.25. The molecular formula is C15H13ClOS. The number of benzene rings is 2. The normalized spacial score (nSPS) is 10.4. The van der Waals surface area contributed by atoms with Crippen molar-refractivity contribution >= 4 is 29.6 Å². The molecule has 0 fully saturated rings. The van der Waals surface area contributed by atoms with Crippen LogP contribution in [0.4, 0.5) is 0 Å². The molecule has 92 valence electrons. The lowest BCUT2D eigenvalue weighted by atomic mass is 10.1. The Morgan fingerprint density at radius 2 is 1.89 bits per heavy atom. The predicted octanol–water partition coefficient (Wildman–Crippen LogP) is 4.92.